The van der Waals surface area contributed by atoms with Crippen LogP contribution in [0.2, 0.25) is 10.0 Å². The Bertz CT molecular complexity index is 1470. The SMILES string of the molecule is CCOc1cc(/C=C2\SC(=S)N(NC(=O)Nc3ccc(Cl)c(Cl)c3)C2=O)cc(Br)c1OCc1ccc(F)cc1. The van der Waals surface area contributed by atoms with Crippen LogP contribution in [0.1, 0.15) is 18.1 Å². The number of hydrogen-bond donors (Lipinski definition) is 2. The van der Waals surface area contributed by atoms with Crippen LogP contribution in [0.15, 0.2) is 64.0 Å². The van der Waals surface area contributed by atoms with E-state index in [0.29, 0.717) is 43.8 Å². The molecule has 39 heavy (non-hydrogen) atoms. The average molecular weight is 671 g/mol. The van der Waals surface area contributed by atoms with E-state index in [2.05, 4.69) is 26.7 Å². The number of thioether (sulfide) groups is 1. The number of nitrogens with zero attached hydrogens (tertiary/aromatic N) is 1. The zero-order valence-corrected chi connectivity index (χ0v) is 24.8. The zero-order valence-electron chi connectivity index (χ0n) is 20.1. The van der Waals surface area contributed by atoms with E-state index < -0.39 is 11.9 Å². The zero-order chi connectivity index (χ0) is 28.1. The second kappa shape index (κ2) is 13.0. The van der Waals surface area contributed by atoms with Gasteiger partial charge in [-0.15, -0.1) is 0 Å². The molecule has 4 rings (SSSR count). The van der Waals surface area contributed by atoms with Gasteiger partial charge in [-0.2, -0.15) is 5.01 Å². The fourth-order valence-corrected chi connectivity index (χ4v) is 5.41. The Morgan fingerprint density at radius 1 is 1.13 bits per heavy atom. The topological polar surface area (TPSA) is 79.9 Å². The largest absolute Gasteiger partial charge is 0.490 e. The molecule has 1 fully saturated rings. The maximum absolute atomic E-state index is 13.2. The second-order valence-electron chi connectivity index (χ2n) is 7.89. The van der Waals surface area contributed by atoms with Gasteiger partial charge in [0.1, 0.15) is 12.4 Å². The number of hydrogen-bond acceptors (Lipinski definition) is 6. The summed E-state index contributed by atoms with van der Waals surface area (Å²) in [6.45, 7) is 2.42. The molecule has 0 saturated carbocycles. The lowest BCUT2D eigenvalue weighted by molar-refractivity contribution is -0.123. The van der Waals surface area contributed by atoms with Crippen molar-refractivity contribution in [2.75, 3.05) is 11.9 Å². The molecule has 1 aliphatic heterocycles. The summed E-state index contributed by atoms with van der Waals surface area (Å²) in [4.78, 5) is 25.8. The molecule has 0 aromatic heterocycles. The third-order valence-electron chi connectivity index (χ3n) is 5.11. The van der Waals surface area contributed by atoms with Crippen molar-refractivity contribution in [3.05, 3.63) is 91.0 Å². The minimum Gasteiger partial charge on any atom is -0.490 e. The molecule has 0 radical (unpaired) electrons. The van der Waals surface area contributed by atoms with Gasteiger partial charge in [-0.3, -0.25) is 4.79 Å². The number of nitrogens with one attached hydrogen (secondary N) is 2. The third kappa shape index (κ3) is 7.43. The Morgan fingerprint density at radius 3 is 2.56 bits per heavy atom. The van der Waals surface area contributed by atoms with Crippen molar-refractivity contribution in [2.45, 2.75) is 13.5 Å². The van der Waals surface area contributed by atoms with Crippen LogP contribution in [0.4, 0.5) is 14.9 Å². The highest BCUT2D eigenvalue weighted by molar-refractivity contribution is 9.10. The molecule has 0 unspecified atom stereocenters. The lowest BCUT2D eigenvalue weighted by atomic mass is 10.1. The summed E-state index contributed by atoms with van der Waals surface area (Å²) in [5.41, 5.74) is 4.25. The van der Waals surface area contributed by atoms with Crippen LogP contribution in [-0.2, 0) is 11.4 Å². The molecule has 1 heterocycles. The highest BCUT2D eigenvalue weighted by Crippen LogP contribution is 2.39. The Kier molecular flexibility index (Phi) is 9.73. The lowest BCUT2D eigenvalue weighted by Gasteiger charge is -2.16. The summed E-state index contributed by atoms with van der Waals surface area (Å²) in [5, 5.41) is 4.17. The maximum Gasteiger partial charge on any atom is 0.338 e. The normalized spacial score (nSPS) is 14.1. The van der Waals surface area contributed by atoms with E-state index in [4.69, 9.17) is 44.9 Å². The molecule has 1 saturated heterocycles. The fourth-order valence-electron chi connectivity index (χ4n) is 3.36. The molecule has 3 amide bonds. The summed E-state index contributed by atoms with van der Waals surface area (Å²) < 4.78 is 25.7. The molecule has 0 atom stereocenters. The number of hydrazine groups is 1. The molecule has 2 N–H and O–H groups in total. The van der Waals surface area contributed by atoms with Gasteiger partial charge in [-0.1, -0.05) is 47.1 Å². The van der Waals surface area contributed by atoms with Gasteiger partial charge in [-0.05, 0) is 94.7 Å². The van der Waals surface area contributed by atoms with Crippen molar-refractivity contribution < 1.29 is 23.5 Å². The summed E-state index contributed by atoms with van der Waals surface area (Å²) in [7, 11) is 0. The number of carbonyl (C=O) groups is 2. The molecule has 202 valence electrons. The molecule has 0 bridgehead atoms. The van der Waals surface area contributed by atoms with E-state index in [1.807, 2.05) is 6.92 Å². The number of urea groups is 1. The summed E-state index contributed by atoms with van der Waals surface area (Å²) in [5.74, 6) is 0.0911. The van der Waals surface area contributed by atoms with Crippen LogP contribution in [0.5, 0.6) is 11.5 Å². The summed E-state index contributed by atoms with van der Waals surface area (Å²) in [6, 6.07) is 13.4. The van der Waals surface area contributed by atoms with E-state index in [0.717, 1.165) is 22.3 Å². The van der Waals surface area contributed by atoms with Gasteiger partial charge in [0.15, 0.2) is 15.8 Å². The number of halogens is 4. The summed E-state index contributed by atoms with van der Waals surface area (Å²) in [6.07, 6.45) is 1.63. The van der Waals surface area contributed by atoms with Gasteiger partial charge in [0.05, 0.1) is 26.0 Å². The number of ether oxygens (including phenoxy) is 2. The molecule has 3 aromatic carbocycles. The molecule has 3 aromatic rings. The van der Waals surface area contributed by atoms with Crippen molar-refractivity contribution in [3.8, 4) is 11.5 Å². The van der Waals surface area contributed by atoms with Crippen molar-refractivity contribution in [1.82, 2.24) is 10.4 Å². The van der Waals surface area contributed by atoms with E-state index in [9.17, 15) is 14.0 Å². The van der Waals surface area contributed by atoms with Gasteiger partial charge in [0.25, 0.3) is 5.91 Å². The molecular formula is C26H19BrCl2FN3O4S2. The van der Waals surface area contributed by atoms with Crippen LogP contribution >= 0.6 is 63.1 Å². The maximum atomic E-state index is 13.2. The molecular weight excluding hydrogens is 652 g/mol. The Labute approximate surface area is 251 Å². The number of benzene rings is 3. The van der Waals surface area contributed by atoms with Crippen LogP contribution in [0, 0.1) is 5.82 Å². The monoisotopic (exact) mass is 669 g/mol. The predicted octanol–water partition coefficient (Wildman–Crippen LogP) is 7.81. The first-order chi connectivity index (χ1) is 18.6. The fraction of sp³-hybridized carbons (Fsp3) is 0.115. The smallest absolute Gasteiger partial charge is 0.338 e. The summed E-state index contributed by atoms with van der Waals surface area (Å²) >= 11 is 21.7. The van der Waals surface area contributed by atoms with Crippen molar-refractivity contribution in [3.63, 3.8) is 0 Å². The molecule has 0 spiro atoms. The molecule has 7 nitrogen and oxygen atoms in total. The van der Waals surface area contributed by atoms with Crippen molar-refractivity contribution in [1.29, 1.82) is 0 Å². The van der Waals surface area contributed by atoms with Crippen LogP contribution < -0.4 is 20.2 Å². The van der Waals surface area contributed by atoms with Gasteiger partial charge >= 0.3 is 6.03 Å². The quantitative estimate of drug-likeness (QED) is 0.188. The highest BCUT2D eigenvalue weighted by atomic mass is 79.9. The Morgan fingerprint density at radius 2 is 1.87 bits per heavy atom. The van der Waals surface area contributed by atoms with Gasteiger partial charge in [0, 0.05) is 5.69 Å². The number of rotatable bonds is 8. The first-order valence-corrected chi connectivity index (χ1v) is 14.1. The third-order valence-corrected chi connectivity index (χ3v) is 7.74. The van der Waals surface area contributed by atoms with E-state index >= 15 is 0 Å². The minimum atomic E-state index is -0.685. The Balaban J connectivity index is 1.48. The van der Waals surface area contributed by atoms with Crippen molar-refractivity contribution >= 4 is 91.1 Å². The molecule has 0 aliphatic carbocycles. The first kappa shape index (κ1) is 29.2. The molecule has 13 heteroatoms. The van der Waals surface area contributed by atoms with E-state index in [1.165, 1.54) is 24.3 Å². The van der Waals surface area contributed by atoms with E-state index in [1.54, 1.807) is 36.4 Å². The second-order valence-corrected chi connectivity index (χ2v) is 11.2. The Hall–Kier alpha value is -2.83. The number of amides is 3. The van der Waals surface area contributed by atoms with Gasteiger partial charge < -0.3 is 14.8 Å². The van der Waals surface area contributed by atoms with Gasteiger partial charge in [-0.25, -0.2) is 14.6 Å². The lowest BCUT2D eigenvalue weighted by Crippen LogP contribution is -2.46. The number of anilines is 1. The highest BCUT2D eigenvalue weighted by Gasteiger charge is 2.34. The van der Waals surface area contributed by atoms with Crippen LogP contribution in [0.3, 0.4) is 0 Å². The van der Waals surface area contributed by atoms with Crippen LogP contribution in [-0.4, -0.2) is 27.9 Å². The van der Waals surface area contributed by atoms with Crippen LogP contribution in [0.25, 0.3) is 6.08 Å². The molecule has 1 aliphatic rings. The predicted molar refractivity (Wildman–Crippen MR) is 160 cm³/mol. The minimum absolute atomic E-state index is 0.152. The number of carbonyl (C=O) groups excluding carboxylic acids is 2. The van der Waals surface area contributed by atoms with E-state index in [-0.39, 0.29) is 21.8 Å². The average Bonchev–Trinajstić information content (AvgIpc) is 3.14. The standard InChI is InChI=1S/C26H19BrCl2FN3O4S2/c1-2-36-21-10-15(9-18(27)23(21)37-13-14-3-5-16(30)6-4-14)11-22-24(34)33(26(38)39-22)32-25(35)31-17-7-8-19(28)20(29)12-17/h3-12H,2,13H2,1H3,(H2,31,32,35)/b22-11-. The van der Waals surface area contributed by atoms with Crippen molar-refractivity contribution in [2.24, 2.45) is 0 Å². The van der Waals surface area contributed by atoms with Gasteiger partial charge in [0.2, 0.25) is 0 Å². The number of thiocarbonyl (C=S) groups is 1. The first-order valence-electron chi connectivity index (χ1n) is 11.3.